The number of ether oxygens (including phenoxy) is 2. The van der Waals surface area contributed by atoms with Crippen LogP contribution in [0.5, 0.6) is 0 Å². The number of methoxy groups -OCH3 is 1. The molecule has 0 radical (unpaired) electrons. The number of esters is 2. The zero-order valence-electron chi connectivity index (χ0n) is 17.9. The fourth-order valence-corrected chi connectivity index (χ4v) is 3.71. The molecular formula is C23H23BrN2O6. The van der Waals surface area contributed by atoms with Crippen molar-refractivity contribution in [3.63, 3.8) is 0 Å². The fraction of sp³-hybridized carbons (Fsp3) is 0.304. The molecular weight excluding hydrogens is 480 g/mol. The normalized spacial score (nSPS) is 15.4. The fourth-order valence-electron chi connectivity index (χ4n) is 3.48. The first-order valence-electron chi connectivity index (χ1n) is 9.91. The molecule has 2 aromatic carbocycles. The average Bonchev–Trinajstić information content (AvgIpc) is 3.17. The van der Waals surface area contributed by atoms with E-state index in [0.29, 0.717) is 16.9 Å². The average molecular weight is 503 g/mol. The van der Waals surface area contributed by atoms with Crippen molar-refractivity contribution >= 4 is 51.1 Å². The maximum absolute atomic E-state index is 12.4. The summed E-state index contributed by atoms with van der Waals surface area (Å²) in [6, 6.07) is 9.97. The lowest BCUT2D eigenvalue weighted by Gasteiger charge is -2.17. The van der Waals surface area contributed by atoms with Gasteiger partial charge in [0.25, 0.3) is 5.91 Å². The summed E-state index contributed by atoms with van der Waals surface area (Å²) in [6.07, 6.45) is -0.00962. The summed E-state index contributed by atoms with van der Waals surface area (Å²) in [5.41, 5.74) is 3.49. The molecule has 1 heterocycles. The first-order chi connectivity index (χ1) is 15.2. The van der Waals surface area contributed by atoms with E-state index in [-0.39, 0.29) is 18.9 Å². The Balaban J connectivity index is 1.54. The zero-order valence-corrected chi connectivity index (χ0v) is 19.5. The van der Waals surface area contributed by atoms with Crippen molar-refractivity contribution < 1.29 is 28.7 Å². The molecule has 0 bridgehead atoms. The van der Waals surface area contributed by atoms with Crippen molar-refractivity contribution in [3.05, 3.63) is 57.6 Å². The molecule has 0 saturated carbocycles. The van der Waals surface area contributed by atoms with Gasteiger partial charge in [-0.2, -0.15) is 0 Å². The molecule has 1 aliphatic rings. The number of benzene rings is 2. The minimum absolute atomic E-state index is 0.00962. The van der Waals surface area contributed by atoms with Crippen LogP contribution in [0, 0.1) is 19.8 Å². The van der Waals surface area contributed by atoms with Crippen LogP contribution >= 0.6 is 15.9 Å². The van der Waals surface area contributed by atoms with Gasteiger partial charge in [-0.15, -0.1) is 0 Å². The van der Waals surface area contributed by atoms with Crippen molar-refractivity contribution in [2.75, 3.05) is 30.5 Å². The predicted octanol–water partition coefficient (Wildman–Crippen LogP) is 3.39. The number of amides is 2. The van der Waals surface area contributed by atoms with Gasteiger partial charge in [0.05, 0.1) is 18.6 Å². The summed E-state index contributed by atoms with van der Waals surface area (Å²) in [7, 11) is 1.29. The molecule has 1 aliphatic heterocycles. The van der Waals surface area contributed by atoms with Crippen LogP contribution in [0.15, 0.2) is 40.9 Å². The topological polar surface area (TPSA) is 102 Å². The molecule has 0 aromatic heterocycles. The van der Waals surface area contributed by atoms with E-state index in [4.69, 9.17) is 4.74 Å². The monoisotopic (exact) mass is 502 g/mol. The van der Waals surface area contributed by atoms with Crippen LogP contribution in [0.3, 0.4) is 0 Å². The molecule has 32 heavy (non-hydrogen) atoms. The van der Waals surface area contributed by atoms with Crippen LogP contribution in [0.4, 0.5) is 11.4 Å². The summed E-state index contributed by atoms with van der Waals surface area (Å²) in [6.45, 7) is 3.53. The Labute approximate surface area is 194 Å². The molecule has 2 aromatic rings. The molecule has 2 amide bonds. The lowest BCUT2D eigenvalue weighted by Crippen LogP contribution is -2.28. The number of carbonyl (C=O) groups is 4. The number of anilines is 2. The maximum Gasteiger partial charge on any atom is 0.337 e. The number of halogens is 1. The first kappa shape index (κ1) is 23.5. The van der Waals surface area contributed by atoms with E-state index in [1.54, 1.807) is 24.3 Å². The highest BCUT2D eigenvalue weighted by molar-refractivity contribution is 9.10. The van der Waals surface area contributed by atoms with Gasteiger partial charge in [0, 0.05) is 28.8 Å². The second-order valence-corrected chi connectivity index (χ2v) is 8.32. The predicted molar refractivity (Wildman–Crippen MR) is 121 cm³/mol. The van der Waals surface area contributed by atoms with E-state index in [1.165, 1.54) is 12.0 Å². The number of hydrogen-bond donors (Lipinski definition) is 1. The van der Waals surface area contributed by atoms with Crippen LogP contribution in [0.25, 0.3) is 0 Å². The number of aryl methyl sites for hydroxylation is 2. The molecule has 8 nitrogen and oxygen atoms in total. The SMILES string of the molecule is COC(=O)c1ccc(N2C[C@H](C(=O)OCC(=O)Nc3cc(C)c(Br)c(C)c3)CC2=O)cc1. The maximum atomic E-state index is 12.4. The highest BCUT2D eigenvalue weighted by Gasteiger charge is 2.36. The Kier molecular flexibility index (Phi) is 7.29. The standard InChI is InChI=1S/C23H23BrN2O6/c1-13-8-17(9-14(2)21(13)24)25-19(27)12-32-23(30)16-10-20(28)26(11-16)18-6-4-15(5-7-18)22(29)31-3/h4-9,16H,10-12H2,1-3H3,(H,25,27)/t16-/m1/s1. The Bertz CT molecular complexity index is 1040. The lowest BCUT2D eigenvalue weighted by atomic mass is 10.1. The smallest absolute Gasteiger partial charge is 0.337 e. The summed E-state index contributed by atoms with van der Waals surface area (Å²) in [5, 5.41) is 2.71. The Morgan fingerprint density at radius 3 is 2.34 bits per heavy atom. The second kappa shape index (κ2) is 9.95. The van der Waals surface area contributed by atoms with Crippen LogP contribution in [-0.4, -0.2) is 44.0 Å². The molecule has 9 heteroatoms. The van der Waals surface area contributed by atoms with E-state index in [9.17, 15) is 19.2 Å². The van der Waals surface area contributed by atoms with Crippen LogP contribution in [0.2, 0.25) is 0 Å². The van der Waals surface area contributed by atoms with Crippen molar-refractivity contribution in [3.8, 4) is 0 Å². The Morgan fingerprint density at radius 1 is 1.12 bits per heavy atom. The highest BCUT2D eigenvalue weighted by atomic mass is 79.9. The molecule has 1 atom stereocenters. The number of hydrogen-bond acceptors (Lipinski definition) is 6. The van der Waals surface area contributed by atoms with Gasteiger partial charge in [-0.25, -0.2) is 4.79 Å². The van der Waals surface area contributed by atoms with Gasteiger partial charge < -0.3 is 19.7 Å². The van der Waals surface area contributed by atoms with E-state index in [0.717, 1.165) is 15.6 Å². The molecule has 1 N–H and O–H groups in total. The van der Waals surface area contributed by atoms with E-state index >= 15 is 0 Å². The molecule has 1 fully saturated rings. The van der Waals surface area contributed by atoms with Gasteiger partial charge >= 0.3 is 11.9 Å². The number of nitrogens with one attached hydrogen (secondary N) is 1. The number of rotatable bonds is 6. The van der Waals surface area contributed by atoms with E-state index in [1.807, 2.05) is 26.0 Å². The van der Waals surface area contributed by atoms with Crippen LogP contribution < -0.4 is 10.2 Å². The largest absolute Gasteiger partial charge is 0.465 e. The van der Waals surface area contributed by atoms with Crippen molar-refractivity contribution in [2.45, 2.75) is 20.3 Å². The lowest BCUT2D eigenvalue weighted by molar-refractivity contribution is -0.151. The molecule has 1 saturated heterocycles. The van der Waals surface area contributed by atoms with E-state index in [2.05, 4.69) is 26.0 Å². The van der Waals surface area contributed by atoms with Gasteiger partial charge in [0.15, 0.2) is 6.61 Å². The molecule has 168 valence electrons. The van der Waals surface area contributed by atoms with Gasteiger partial charge in [-0.1, -0.05) is 15.9 Å². The van der Waals surface area contributed by atoms with Crippen molar-refractivity contribution in [1.82, 2.24) is 0 Å². The van der Waals surface area contributed by atoms with Gasteiger partial charge in [0.2, 0.25) is 5.91 Å². The van der Waals surface area contributed by atoms with Crippen molar-refractivity contribution in [2.24, 2.45) is 5.92 Å². The summed E-state index contributed by atoms with van der Waals surface area (Å²) in [4.78, 5) is 50.0. The summed E-state index contributed by atoms with van der Waals surface area (Å²) < 4.78 is 10.8. The minimum Gasteiger partial charge on any atom is -0.465 e. The summed E-state index contributed by atoms with van der Waals surface area (Å²) >= 11 is 3.47. The third-order valence-corrected chi connectivity index (χ3v) is 6.38. The van der Waals surface area contributed by atoms with Crippen LogP contribution in [0.1, 0.15) is 27.9 Å². The van der Waals surface area contributed by atoms with Gasteiger partial charge in [0.1, 0.15) is 0 Å². The molecule has 3 rings (SSSR count). The number of carbonyl (C=O) groups excluding carboxylic acids is 4. The van der Waals surface area contributed by atoms with Crippen LogP contribution in [-0.2, 0) is 23.9 Å². The first-order valence-corrected chi connectivity index (χ1v) is 10.7. The second-order valence-electron chi connectivity index (χ2n) is 7.52. The summed E-state index contributed by atoms with van der Waals surface area (Å²) in [5.74, 6) is -2.45. The minimum atomic E-state index is -0.673. The number of nitrogens with zero attached hydrogens (tertiary/aromatic N) is 1. The third-order valence-electron chi connectivity index (χ3n) is 5.12. The Morgan fingerprint density at radius 2 is 1.75 bits per heavy atom. The zero-order chi connectivity index (χ0) is 23.4. The molecule has 0 unspecified atom stereocenters. The highest BCUT2D eigenvalue weighted by Crippen LogP contribution is 2.27. The van der Waals surface area contributed by atoms with E-state index < -0.39 is 30.4 Å². The third kappa shape index (κ3) is 5.34. The van der Waals surface area contributed by atoms with Gasteiger partial charge in [-0.05, 0) is 61.4 Å². The quantitative estimate of drug-likeness (QED) is 0.607. The molecule has 0 spiro atoms. The molecule has 0 aliphatic carbocycles. The van der Waals surface area contributed by atoms with Crippen molar-refractivity contribution in [1.29, 1.82) is 0 Å². The van der Waals surface area contributed by atoms with Gasteiger partial charge in [-0.3, -0.25) is 14.4 Å². The Hall–Kier alpha value is -3.20.